The van der Waals surface area contributed by atoms with Gasteiger partial charge in [0.05, 0.1) is 5.75 Å². The van der Waals surface area contributed by atoms with E-state index in [0.717, 1.165) is 0 Å². The summed E-state index contributed by atoms with van der Waals surface area (Å²) in [5.74, 6) is 0.147. The van der Waals surface area contributed by atoms with E-state index in [0.29, 0.717) is 10.9 Å². The van der Waals surface area contributed by atoms with E-state index in [1.165, 1.54) is 17.8 Å². The topological polar surface area (TPSA) is 67.8 Å². The molecular formula is C7H8N2O3S. The first-order chi connectivity index (χ1) is 6.22. The molecule has 0 radical (unpaired) electrons. The zero-order valence-corrected chi connectivity index (χ0v) is 7.60. The summed E-state index contributed by atoms with van der Waals surface area (Å²) >= 11 is 1.17. The van der Waals surface area contributed by atoms with E-state index in [4.69, 9.17) is 0 Å². The maximum absolute atomic E-state index is 10.8. The zero-order valence-electron chi connectivity index (χ0n) is 6.78. The molecule has 0 unspecified atom stereocenters. The van der Waals surface area contributed by atoms with Crippen LogP contribution in [0.5, 0.6) is 0 Å². The first-order valence-electron chi connectivity index (χ1n) is 3.51. The Hall–Kier alpha value is -1.30. The van der Waals surface area contributed by atoms with Gasteiger partial charge < -0.3 is 10.1 Å². The first kappa shape index (κ1) is 9.79. The third kappa shape index (κ3) is 3.29. The van der Waals surface area contributed by atoms with E-state index in [1.807, 2.05) is 0 Å². The van der Waals surface area contributed by atoms with Crippen molar-refractivity contribution in [3.05, 3.63) is 12.7 Å². The van der Waals surface area contributed by atoms with Crippen LogP contribution < -0.4 is 5.32 Å². The van der Waals surface area contributed by atoms with Crippen molar-refractivity contribution in [2.75, 3.05) is 12.4 Å². The Kier molecular flexibility index (Phi) is 3.51. The third-order valence-corrected chi connectivity index (χ3v) is 1.98. The molecule has 1 fully saturated rings. The maximum atomic E-state index is 10.8. The van der Waals surface area contributed by atoms with Gasteiger partial charge in [0.1, 0.15) is 6.61 Å². The van der Waals surface area contributed by atoms with Crippen LogP contribution in [0.2, 0.25) is 0 Å². The molecule has 0 saturated carbocycles. The lowest BCUT2D eigenvalue weighted by Gasteiger charge is -1.96. The number of thioether (sulfide) groups is 1. The van der Waals surface area contributed by atoms with Crippen molar-refractivity contribution in [1.29, 1.82) is 0 Å². The molecule has 0 spiro atoms. The van der Waals surface area contributed by atoms with Crippen molar-refractivity contribution in [1.82, 2.24) is 5.32 Å². The van der Waals surface area contributed by atoms with Gasteiger partial charge in [-0.2, -0.15) is 4.99 Å². The molecule has 0 bridgehead atoms. The number of amides is 2. The first-order valence-corrected chi connectivity index (χ1v) is 4.50. The number of ether oxygens (including phenoxy) is 1. The van der Waals surface area contributed by atoms with Crippen LogP contribution in [0.4, 0.5) is 4.79 Å². The Bertz CT molecular complexity index is 275. The number of carbonyl (C=O) groups is 2. The summed E-state index contributed by atoms with van der Waals surface area (Å²) in [5, 5.41) is 2.70. The van der Waals surface area contributed by atoms with Crippen LogP contribution in [0, 0.1) is 0 Å². The third-order valence-electron chi connectivity index (χ3n) is 1.10. The summed E-state index contributed by atoms with van der Waals surface area (Å²) in [6.07, 6.45) is 0.725. The van der Waals surface area contributed by atoms with Gasteiger partial charge in [-0.15, -0.1) is 0 Å². The fourth-order valence-electron chi connectivity index (χ4n) is 0.631. The Labute approximate surface area is 79.2 Å². The predicted molar refractivity (Wildman–Crippen MR) is 49.6 cm³/mol. The quantitative estimate of drug-likeness (QED) is 0.660. The molecule has 1 aliphatic rings. The zero-order chi connectivity index (χ0) is 9.68. The standard InChI is InChI=1S/C7H8N2O3S/c1-2-3-12-7(11)9-6-8-5(10)4-13-6/h2H,1,3-4H2,(H,8,9,10,11). The summed E-state index contributed by atoms with van der Waals surface area (Å²) in [6.45, 7) is 3.50. The number of amidine groups is 1. The van der Waals surface area contributed by atoms with E-state index in [-0.39, 0.29) is 12.5 Å². The number of rotatable bonds is 2. The van der Waals surface area contributed by atoms with Gasteiger partial charge in [-0.05, 0) is 0 Å². The van der Waals surface area contributed by atoms with E-state index in [1.54, 1.807) is 0 Å². The average Bonchev–Trinajstić information content (AvgIpc) is 2.48. The number of aliphatic imine (C=N–C) groups is 1. The Morgan fingerprint density at radius 1 is 1.85 bits per heavy atom. The van der Waals surface area contributed by atoms with Gasteiger partial charge in [0, 0.05) is 0 Å². The highest BCUT2D eigenvalue weighted by atomic mass is 32.2. The van der Waals surface area contributed by atoms with Gasteiger partial charge >= 0.3 is 6.09 Å². The van der Waals surface area contributed by atoms with Crippen LogP contribution >= 0.6 is 11.8 Å². The van der Waals surface area contributed by atoms with Crippen LogP contribution in [-0.2, 0) is 9.53 Å². The largest absolute Gasteiger partial charge is 0.444 e. The fourth-order valence-corrected chi connectivity index (χ4v) is 1.30. The Balaban J connectivity index is 2.41. The number of hydrogen-bond donors (Lipinski definition) is 1. The summed E-state index contributed by atoms with van der Waals surface area (Å²) in [5.41, 5.74) is 0. The van der Waals surface area contributed by atoms with Crippen LogP contribution in [-0.4, -0.2) is 29.5 Å². The van der Waals surface area contributed by atoms with Gasteiger partial charge in [0.25, 0.3) is 0 Å². The van der Waals surface area contributed by atoms with Gasteiger partial charge in [0.2, 0.25) is 5.91 Å². The van der Waals surface area contributed by atoms with Crippen molar-refractivity contribution >= 4 is 28.9 Å². The molecule has 1 rings (SSSR count). The highest BCUT2D eigenvalue weighted by Gasteiger charge is 2.17. The molecule has 5 nitrogen and oxygen atoms in total. The Morgan fingerprint density at radius 2 is 2.62 bits per heavy atom. The maximum Gasteiger partial charge on any atom is 0.436 e. The molecule has 0 atom stereocenters. The number of hydrogen-bond acceptors (Lipinski definition) is 4. The smallest absolute Gasteiger partial charge is 0.436 e. The highest BCUT2D eigenvalue weighted by molar-refractivity contribution is 8.15. The van der Waals surface area contributed by atoms with Crippen LogP contribution in [0.15, 0.2) is 17.6 Å². The monoisotopic (exact) mass is 200 g/mol. The van der Waals surface area contributed by atoms with Crippen LogP contribution in [0.1, 0.15) is 0 Å². The molecule has 1 heterocycles. The summed E-state index contributed by atoms with van der Waals surface area (Å²) in [4.78, 5) is 25.0. The van der Waals surface area contributed by atoms with Crippen molar-refractivity contribution in [2.45, 2.75) is 0 Å². The molecule has 1 N–H and O–H groups in total. The minimum Gasteiger partial charge on any atom is -0.444 e. The van der Waals surface area contributed by atoms with Crippen molar-refractivity contribution in [3.63, 3.8) is 0 Å². The van der Waals surface area contributed by atoms with Crippen molar-refractivity contribution in [3.8, 4) is 0 Å². The lowest BCUT2D eigenvalue weighted by molar-refractivity contribution is -0.116. The molecule has 13 heavy (non-hydrogen) atoms. The summed E-state index contributed by atoms with van der Waals surface area (Å²) < 4.78 is 4.58. The predicted octanol–water partition coefficient (Wildman–Crippen LogP) is 0.528. The summed E-state index contributed by atoms with van der Waals surface area (Å²) in [6, 6.07) is 0. The molecule has 1 aliphatic heterocycles. The molecule has 70 valence electrons. The lowest BCUT2D eigenvalue weighted by atomic mass is 10.7. The number of nitrogens with zero attached hydrogens (tertiary/aromatic N) is 1. The lowest BCUT2D eigenvalue weighted by Crippen LogP contribution is -2.21. The highest BCUT2D eigenvalue weighted by Crippen LogP contribution is 2.08. The normalized spacial score (nSPS) is 18.5. The number of carbonyl (C=O) groups excluding carboxylic acids is 2. The second-order valence-electron chi connectivity index (χ2n) is 2.12. The minimum atomic E-state index is -0.718. The second kappa shape index (κ2) is 4.66. The van der Waals surface area contributed by atoms with E-state index < -0.39 is 6.09 Å². The molecule has 1 saturated heterocycles. The SMILES string of the molecule is C=CCOC(=O)/N=C1/NC(=O)CS1. The summed E-state index contributed by atoms with van der Waals surface area (Å²) in [7, 11) is 0. The van der Waals surface area contributed by atoms with Crippen molar-refractivity contribution < 1.29 is 14.3 Å². The van der Waals surface area contributed by atoms with Crippen LogP contribution in [0.3, 0.4) is 0 Å². The molecular weight excluding hydrogens is 192 g/mol. The fraction of sp³-hybridized carbons (Fsp3) is 0.286. The van der Waals surface area contributed by atoms with E-state index in [9.17, 15) is 9.59 Å². The Morgan fingerprint density at radius 3 is 3.15 bits per heavy atom. The van der Waals surface area contributed by atoms with Crippen molar-refractivity contribution in [2.24, 2.45) is 4.99 Å². The molecule has 0 aromatic heterocycles. The van der Waals surface area contributed by atoms with Gasteiger partial charge in [0.15, 0.2) is 5.17 Å². The van der Waals surface area contributed by atoms with Crippen LogP contribution in [0.25, 0.3) is 0 Å². The van der Waals surface area contributed by atoms with Gasteiger partial charge in [-0.3, -0.25) is 4.79 Å². The van der Waals surface area contributed by atoms with Gasteiger partial charge in [-0.25, -0.2) is 4.79 Å². The van der Waals surface area contributed by atoms with E-state index in [2.05, 4.69) is 21.6 Å². The molecule has 0 aromatic rings. The molecule has 6 heteroatoms. The van der Waals surface area contributed by atoms with Gasteiger partial charge in [-0.1, -0.05) is 24.4 Å². The molecule has 0 aromatic carbocycles. The second-order valence-corrected chi connectivity index (χ2v) is 3.08. The minimum absolute atomic E-state index is 0.119. The van der Waals surface area contributed by atoms with E-state index >= 15 is 0 Å². The molecule has 0 aliphatic carbocycles. The number of nitrogens with one attached hydrogen (secondary N) is 1. The average molecular weight is 200 g/mol. The molecule has 2 amide bonds.